The van der Waals surface area contributed by atoms with E-state index in [0.717, 1.165) is 5.56 Å². The van der Waals surface area contributed by atoms with E-state index in [-0.39, 0.29) is 11.9 Å². The van der Waals surface area contributed by atoms with Gasteiger partial charge < -0.3 is 5.32 Å². The molecule has 0 aliphatic rings. The number of rotatable bonds is 4. The number of hydrogen-bond acceptors (Lipinski definition) is 1. The maximum Gasteiger partial charge on any atom is 0.123 e. The summed E-state index contributed by atoms with van der Waals surface area (Å²) in [6, 6.07) is 9.41. The molecule has 2 aromatic carbocycles. The van der Waals surface area contributed by atoms with Gasteiger partial charge in [0.2, 0.25) is 0 Å². The summed E-state index contributed by atoms with van der Waals surface area (Å²) in [6.07, 6.45) is 0. The van der Waals surface area contributed by atoms with Crippen LogP contribution < -0.4 is 5.32 Å². The van der Waals surface area contributed by atoms with Crippen LogP contribution >= 0.6 is 34.8 Å². The van der Waals surface area contributed by atoms with Crippen molar-refractivity contribution in [1.29, 1.82) is 0 Å². The number of halogens is 4. The third-order valence-corrected chi connectivity index (χ3v) is 4.04. The Morgan fingerprint density at radius 1 is 1.00 bits per heavy atom. The molecule has 0 aliphatic heterocycles. The maximum atomic E-state index is 13.5. The van der Waals surface area contributed by atoms with Gasteiger partial charge in [0, 0.05) is 5.02 Å². The summed E-state index contributed by atoms with van der Waals surface area (Å²) in [5, 5.41) is 4.72. The van der Waals surface area contributed by atoms with E-state index < -0.39 is 0 Å². The molecule has 0 saturated carbocycles. The molecule has 0 heterocycles. The van der Waals surface area contributed by atoms with Crippen LogP contribution in [0.15, 0.2) is 36.4 Å². The maximum absolute atomic E-state index is 13.5. The molecule has 1 nitrogen and oxygen atoms in total. The van der Waals surface area contributed by atoms with E-state index >= 15 is 0 Å². The molecule has 2 rings (SSSR count). The second-order valence-electron chi connectivity index (χ2n) is 4.33. The Labute approximate surface area is 132 Å². The number of nitrogens with one attached hydrogen (secondary N) is 1. The Balaban J connectivity index is 2.49. The molecule has 0 bridgehead atoms. The molecule has 0 aromatic heterocycles. The highest BCUT2D eigenvalue weighted by atomic mass is 35.5. The van der Waals surface area contributed by atoms with E-state index in [1.165, 1.54) is 12.1 Å². The zero-order valence-corrected chi connectivity index (χ0v) is 13.0. The van der Waals surface area contributed by atoms with Crippen molar-refractivity contribution in [1.82, 2.24) is 5.32 Å². The van der Waals surface area contributed by atoms with E-state index in [1.54, 1.807) is 18.2 Å². The molecule has 0 fully saturated rings. The average molecular weight is 333 g/mol. The highest BCUT2D eigenvalue weighted by Crippen LogP contribution is 2.32. The van der Waals surface area contributed by atoms with Crippen LogP contribution in [-0.4, -0.2) is 6.54 Å². The van der Waals surface area contributed by atoms with Crippen LogP contribution in [0, 0.1) is 5.82 Å². The third-order valence-electron chi connectivity index (χ3n) is 2.95. The molecule has 0 amide bonds. The number of hydrogen-bond donors (Lipinski definition) is 1. The van der Waals surface area contributed by atoms with Crippen molar-refractivity contribution in [2.75, 3.05) is 6.54 Å². The predicted molar refractivity (Wildman–Crippen MR) is 83.4 cm³/mol. The van der Waals surface area contributed by atoms with Crippen LogP contribution in [0.5, 0.6) is 0 Å². The van der Waals surface area contributed by atoms with Crippen LogP contribution in [0.3, 0.4) is 0 Å². The Kier molecular flexibility index (Phi) is 5.28. The van der Waals surface area contributed by atoms with Gasteiger partial charge in [0.25, 0.3) is 0 Å². The predicted octanol–water partition coefficient (Wildman–Crippen LogP) is 5.48. The minimum atomic E-state index is -0.327. The zero-order chi connectivity index (χ0) is 14.7. The molecule has 1 N–H and O–H groups in total. The van der Waals surface area contributed by atoms with E-state index in [1.807, 2.05) is 13.0 Å². The first kappa shape index (κ1) is 15.6. The van der Waals surface area contributed by atoms with Crippen LogP contribution in [0.1, 0.15) is 24.1 Å². The lowest BCUT2D eigenvalue weighted by Crippen LogP contribution is -2.22. The molecule has 1 unspecified atom stereocenters. The second-order valence-corrected chi connectivity index (χ2v) is 5.55. The fourth-order valence-corrected chi connectivity index (χ4v) is 2.57. The topological polar surface area (TPSA) is 12.0 Å². The van der Waals surface area contributed by atoms with Crippen molar-refractivity contribution in [3.8, 4) is 0 Å². The van der Waals surface area contributed by atoms with Crippen molar-refractivity contribution in [3.05, 3.63) is 68.4 Å². The van der Waals surface area contributed by atoms with Crippen molar-refractivity contribution < 1.29 is 4.39 Å². The van der Waals surface area contributed by atoms with Crippen LogP contribution in [0.4, 0.5) is 4.39 Å². The molecule has 0 aliphatic carbocycles. The van der Waals surface area contributed by atoms with E-state index in [0.29, 0.717) is 27.2 Å². The molecule has 0 saturated heterocycles. The largest absolute Gasteiger partial charge is 0.306 e. The van der Waals surface area contributed by atoms with Gasteiger partial charge in [-0.3, -0.25) is 0 Å². The Hall–Kier alpha value is -0.800. The first-order valence-corrected chi connectivity index (χ1v) is 7.29. The lowest BCUT2D eigenvalue weighted by molar-refractivity contribution is 0.603. The van der Waals surface area contributed by atoms with Crippen molar-refractivity contribution in [2.45, 2.75) is 13.0 Å². The first-order valence-electron chi connectivity index (χ1n) is 6.16. The quantitative estimate of drug-likeness (QED) is 0.781. The minimum absolute atomic E-state index is 0.238. The molecule has 2 aromatic rings. The summed E-state index contributed by atoms with van der Waals surface area (Å²) in [6.45, 7) is 2.68. The van der Waals surface area contributed by atoms with Crippen molar-refractivity contribution >= 4 is 34.8 Å². The normalized spacial score (nSPS) is 12.4. The van der Waals surface area contributed by atoms with Gasteiger partial charge in [-0.25, -0.2) is 4.39 Å². The minimum Gasteiger partial charge on any atom is -0.306 e. The Bertz CT molecular complexity index is 616. The van der Waals surface area contributed by atoms with Crippen LogP contribution in [-0.2, 0) is 0 Å². The molecule has 106 valence electrons. The monoisotopic (exact) mass is 331 g/mol. The summed E-state index contributed by atoms with van der Waals surface area (Å²) in [5.74, 6) is -0.327. The second kappa shape index (κ2) is 6.77. The smallest absolute Gasteiger partial charge is 0.123 e. The lowest BCUT2D eigenvalue weighted by Gasteiger charge is -2.20. The molecule has 1 atom stereocenters. The average Bonchev–Trinajstić information content (AvgIpc) is 2.42. The molecule has 5 heteroatoms. The van der Waals surface area contributed by atoms with Gasteiger partial charge in [0.15, 0.2) is 0 Å². The van der Waals surface area contributed by atoms with Gasteiger partial charge in [-0.1, -0.05) is 47.8 Å². The summed E-state index contributed by atoms with van der Waals surface area (Å²) in [7, 11) is 0. The molecular formula is C15H13Cl3FN. The number of benzene rings is 2. The van der Waals surface area contributed by atoms with Gasteiger partial charge in [-0.05, 0) is 48.0 Å². The van der Waals surface area contributed by atoms with Crippen LogP contribution in [0.2, 0.25) is 15.1 Å². The Morgan fingerprint density at radius 2 is 1.70 bits per heavy atom. The van der Waals surface area contributed by atoms with Gasteiger partial charge in [-0.15, -0.1) is 0 Å². The Morgan fingerprint density at radius 3 is 2.35 bits per heavy atom. The van der Waals surface area contributed by atoms with E-state index in [4.69, 9.17) is 34.8 Å². The van der Waals surface area contributed by atoms with Gasteiger partial charge in [0.1, 0.15) is 5.82 Å². The van der Waals surface area contributed by atoms with E-state index in [9.17, 15) is 4.39 Å². The van der Waals surface area contributed by atoms with Crippen molar-refractivity contribution in [2.24, 2.45) is 0 Å². The first-order chi connectivity index (χ1) is 9.52. The lowest BCUT2D eigenvalue weighted by atomic mass is 9.98. The van der Waals surface area contributed by atoms with Crippen molar-refractivity contribution in [3.63, 3.8) is 0 Å². The summed E-state index contributed by atoms with van der Waals surface area (Å²) >= 11 is 18.2. The fourth-order valence-electron chi connectivity index (χ4n) is 2.04. The summed E-state index contributed by atoms with van der Waals surface area (Å²) in [4.78, 5) is 0. The highest BCUT2D eigenvalue weighted by molar-refractivity contribution is 6.42. The molecule has 0 radical (unpaired) electrons. The SMILES string of the molecule is CCNC(c1ccc(Cl)c(Cl)c1)c1cc(F)ccc1Cl. The highest BCUT2D eigenvalue weighted by Gasteiger charge is 2.17. The van der Waals surface area contributed by atoms with Gasteiger partial charge in [-0.2, -0.15) is 0 Å². The summed E-state index contributed by atoms with van der Waals surface area (Å²) in [5.41, 5.74) is 1.56. The molecular weight excluding hydrogens is 320 g/mol. The zero-order valence-electron chi connectivity index (χ0n) is 10.8. The molecule has 20 heavy (non-hydrogen) atoms. The van der Waals surface area contributed by atoms with E-state index in [2.05, 4.69) is 5.32 Å². The molecule has 0 spiro atoms. The standard InChI is InChI=1S/C15H13Cl3FN/c1-2-20-15(9-3-5-13(17)14(18)7-9)11-8-10(19)4-6-12(11)16/h3-8,15,20H,2H2,1H3. The van der Waals surface area contributed by atoms with Gasteiger partial charge in [0.05, 0.1) is 16.1 Å². The summed E-state index contributed by atoms with van der Waals surface area (Å²) < 4.78 is 13.5. The van der Waals surface area contributed by atoms with Gasteiger partial charge >= 0.3 is 0 Å². The van der Waals surface area contributed by atoms with Crippen LogP contribution in [0.25, 0.3) is 0 Å². The third kappa shape index (κ3) is 3.44. The fraction of sp³-hybridized carbons (Fsp3) is 0.200.